The average molecular weight is 343 g/mol. The van der Waals surface area contributed by atoms with Crippen LogP contribution >= 0.6 is 23.2 Å². The number of hydrogen-bond acceptors (Lipinski definition) is 3. The van der Waals surface area contributed by atoms with Crippen LogP contribution in [0.5, 0.6) is 5.75 Å². The Bertz CT molecular complexity index is 645. The van der Waals surface area contributed by atoms with Gasteiger partial charge >= 0.3 is 0 Å². The van der Waals surface area contributed by atoms with Gasteiger partial charge in [0.15, 0.2) is 0 Å². The van der Waals surface area contributed by atoms with Gasteiger partial charge in [-0.05, 0) is 36.4 Å². The quantitative estimate of drug-likeness (QED) is 0.778. The van der Waals surface area contributed by atoms with Crippen LogP contribution < -0.4 is 4.74 Å². The Labute approximate surface area is 137 Å². The molecule has 116 valence electrons. The second kappa shape index (κ2) is 7.42. The van der Waals surface area contributed by atoms with E-state index in [1.54, 1.807) is 7.05 Å². The predicted molar refractivity (Wildman–Crippen MR) is 83.1 cm³/mol. The highest BCUT2D eigenvalue weighted by molar-refractivity contribution is 6.33. The summed E-state index contributed by atoms with van der Waals surface area (Å²) in [6.07, 6.45) is 0. The number of pyridine rings is 1. The van der Waals surface area contributed by atoms with E-state index in [1.165, 1.54) is 41.3 Å². The van der Waals surface area contributed by atoms with Crippen LogP contribution in [0.1, 0.15) is 10.4 Å². The Balaban J connectivity index is 1.89. The van der Waals surface area contributed by atoms with Gasteiger partial charge in [-0.25, -0.2) is 9.37 Å². The molecule has 0 fully saturated rings. The smallest absolute Gasteiger partial charge is 0.253 e. The largest absolute Gasteiger partial charge is 0.492 e. The van der Waals surface area contributed by atoms with Gasteiger partial charge in [0.1, 0.15) is 28.5 Å². The molecular weight excluding hydrogens is 330 g/mol. The Morgan fingerprint density at radius 3 is 2.41 bits per heavy atom. The monoisotopic (exact) mass is 342 g/mol. The number of ether oxygens (including phenoxy) is 1. The van der Waals surface area contributed by atoms with Gasteiger partial charge in [-0.3, -0.25) is 4.79 Å². The lowest BCUT2D eigenvalue weighted by atomic mass is 10.2. The first-order chi connectivity index (χ1) is 10.5. The fraction of sp³-hybridized carbons (Fsp3) is 0.200. The lowest BCUT2D eigenvalue weighted by Gasteiger charge is -2.17. The molecule has 0 aliphatic rings. The summed E-state index contributed by atoms with van der Waals surface area (Å²) in [6, 6.07) is 8.58. The van der Waals surface area contributed by atoms with E-state index >= 15 is 0 Å². The summed E-state index contributed by atoms with van der Waals surface area (Å²) >= 11 is 11.5. The first-order valence-corrected chi connectivity index (χ1v) is 7.18. The van der Waals surface area contributed by atoms with Crippen LogP contribution in [0, 0.1) is 5.82 Å². The second-order valence-electron chi connectivity index (χ2n) is 4.53. The van der Waals surface area contributed by atoms with E-state index in [4.69, 9.17) is 27.9 Å². The molecule has 7 heteroatoms. The van der Waals surface area contributed by atoms with Crippen LogP contribution in [-0.2, 0) is 0 Å². The number of carbonyl (C=O) groups excluding carboxylic acids is 1. The number of rotatable bonds is 5. The summed E-state index contributed by atoms with van der Waals surface area (Å²) in [5, 5.41) is 0.318. The molecule has 0 aliphatic carbocycles. The van der Waals surface area contributed by atoms with Crippen molar-refractivity contribution in [2.24, 2.45) is 0 Å². The van der Waals surface area contributed by atoms with E-state index < -0.39 is 0 Å². The summed E-state index contributed by atoms with van der Waals surface area (Å²) in [5.41, 5.74) is 0.356. The lowest BCUT2D eigenvalue weighted by molar-refractivity contribution is 0.0773. The first kappa shape index (κ1) is 16.5. The van der Waals surface area contributed by atoms with E-state index in [2.05, 4.69) is 4.98 Å². The van der Waals surface area contributed by atoms with E-state index in [-0.39, 0.29) is 28.6 Å². The van der Waals surface area contributed by atoms with Crippen molar-refractivity contribution in [1.29, 1.82) is 0 Å². The zero-order chi connectivity index (χ0) is 16.1. The Kier molecular flexibility index (Phi) is 5.57. The van der Waals surface area contributed by atoms with Gasteiger partial charge in [0.05, 0.1) is 6.54 Å². The molecular formula is C15H13Cl2FN2O2. The molecule has 0 bridgehead atoms. The zero-order valence-corrected chi connectivity index (χ0v) is 13.2. The highest BCUT2D eigenvalue weighted by Gasteiger charge is 2.13. The van der Waals surface area contributed by atoms with Crippen molar-refractivity contribution in [1.82, 2.24) is 9.88 Å². The maximum atomic E-state index is 12.8. The fourth-order valence-electron chi connectivity index (χ4n) is 1.74. The van der Waals surface area contributed by atoms with Crippen molar-refractivity contribution in [2.75, 3.05) is 20.2 Å². The number of aromatic nitrogens is 1. The van der Waals surface area contributed by atoms with Gasteiger partial charge < -0.3 is 9.64 Å². The summed E-state index contributed by atoms with van der Waals surface area (Å²) in [7, 11) is 1.64. The number of likely N-dealkylation sites (N-methyl/N-ethyl adjacent to an activating group) is 1. The minimum absolute atomic E-state index is 0.159. The third-order valence-corrected chi connectivity index (χ3v) is 3.25. The van der Waals surface area contributed by atoms with Gasteiger partial charge in [0.25, 0.3) is 5.91 Å². The van der Waals surface area contributed by atoms with Gasteiger partial charge in [0, 0.05) is 12.6 Å². The normalized spacial score (nSPS) is 10.4. The number of benzene rings is 1. The van der Waals surface area contributed by atoms with Crippen LogP contribution in [0.4, 0.5) is 4.39 Å². The van der Waals surface area contributed by atoms with Crippen LogP contribution in [0.25, 0.3) is 0 Å². The van der Waals surface area contributed by atoms with Gasteiger partial charge in [-0.1, -0.05) is 23.2 Å². The molecule has 1 heterocycles. The first-order valence-electron chi connectivity index (χ1n) is 6.42. The molecule has 0 spiro atoms. The molecule has 0 saturated heterocycles. The van der Waals surface area contributed by atoms with E-state index in [1.807, 2.05) is 0 Å². The highest BCUT2D eigenvalue weighted by atomic mass is 35.5. The van der Waals surface area contributed by atoms with Crippen molar-refractivity contribution >= 4 is 29.1 Å². The Morgan fingerprint density at radius 1 is 1.23 bits per heavy atom. The minimum Gasteiger partial charge on any atom is -0.492 e. The minimum atomic E-state index is -0.328. The third kappa shape index (κ3) is 4.58. The number of amides is 1. The molecule has 0 N–H and O–H groups in total. The molecule has 0 unspecified atom stereocenters. The molecule has 0 saturated carbocycles. The van der Waals surface area contributed by atoms with E-state index in [0.29, 0.717) is 17.9 Å². The predicted octanol–water partition coefficient (Wildman–Crippen LogP) is 3.68. The molecule has 0 atom stereocenters. The van der Waals surface area contributed by atoms with Crippen LogP contribution in [-0.4, -0.2) is 36.0 Å². The molecule has 0 radical (unpaired) electrons. The molecule has 1 amide bonds. The van der Waals surface area contributed by atoms with Gasteiger partial charge in [0.2, 0.25) is 0 Å². The number of hydrogen-bond donors (Lipinski definition) is 0. The summed E-state index contributed by atoms with van der Waals surface area (Å²) in [4.78, 5) is 17.5. The summed E-state index contributed by atoms with van der Waals surface area (Å²) in [6.45, 7) is 0.633. The summed E-state index contributed by atoms with van der Waals surface area (Å²) in [5.74, 6) is -0.0303. The fourth-order valence-corrected chi connectivity index (χ4v) is 2.20. The van der Waals surface area contributed by atoms with Crippen molar-refractivity contribution in [2.45, 2.75) is 0 Å². The van der Waals surface area contributed by atoms with Crippen molar-refractivity contribution in [3.8, 4) is 5.75 Å². The number of nitrogens with zero attached hydrogens (tertiary/aromatic N) is 2. The maximum Gasteiger partial charge on any atom is 0.253 e. The molecule has 4 nitrogen and oxygen atoms in total. The Morgan fingerprint density at radius 2 is 1.82 bits per heavy atom. The lowest BCUT2D eigenvalue weighted by Crippen LogP contribution is -2.30. The molecule has 2 aromatic rings. The van der Waals surface area contributed by atoms with Crippen molar-refractivity contribution in [3.63, 3.8) is 0 Å². The standard InChI is InChI=1S/C15H13Cl2FN2O2/c1-20(6-7-22-12-4-2-11(18)3-5-12)15(21)10-8-13(16)19-14(17)9-10/h2-5,8-9H,6-7H2,1H3. The van der Waals surface area contributed by atoms with E-state index in [9.17, 15) is 9.18 Å². The van der Waals surface area contributed by atoms with Crippen molar-refractivity contribution in [3.05, 3.63) is 58.1 Å². The topological polar surface area (TPSA) is 42.4 Å². The van der Waals surface area contributed by atoms with Crippen LogP contribution in [0.3, 0.4) is 0 Å². The van der Waals surface area contributed by atoms with Crippen molar-refractivity contribution < 1.29 is 13.9 Å². The number of carbonyl (C=O) groups is 1. The Hall–Kier alpha value is -1.85. The number of halogens is 3. The molecule has 22 heavy (non-hydrogen) atoms. The molecule has 0 aliphatic heterocycles. The molecule has 1 aromatic carbocycles. The zero-order valence-electron chi connectivity index (χ0n) is 11.7. The average Bonchev–Trinajstić information content (AvgIpc) is 2.47. The van der Waals surface area contributed by atoms with Crippen LogP contribution in [0.15, 0.2) is 36.4 Å². The second-order valence-corrected chi connectivity index (χ2v) is 5.30. The van der Waals surface area contributed by atoms with E-state index in [0.717, 1.165) is 0 Å². The van der Waals surface area contributed by atoms with Gasteiger partial charge in [-0.15, -0.1) is 0 Å². The third-order valence-electron chi connectivity index (χ3n) is 2.87. The maximum absolute atomic E-state index is 12.8. The summed E-state index contributed by atoms with van der Waals surface area (Å²) < 4.78 is 18.2. The highest BCUT2D eigenvalue weighted by Crippen LogP contribution is 2.16. The SMILES string of the molecule is CN(CCOc1ccc(F)cc1)C(=O)c1cc(Cl)nc(Cl)c1. The van der Waals surface area contributed by atoms with Gasteiger partial charge in [-0.2, -0.15) is 0 Å². The van der Waals surface area contributed by atoms with Crippen LogP contribution in [0.2, 0.25) is 10.3 Å². The molecule has 2 rings (SSSR count). The molecule has 1 aromatic heterocycles.